The molecule has 0 amide bonds. The van der Waals surface area contributed by atoms with E-state index in [9.17, 15) is 0 Å². The molecule has 0 aliphatic heterocycles. The van der Waals surface area contributed by atoms with E-state index < -0.39 is 0 Å². The molecule has 0 spiro atoms. The predicted molar refractivity (Wildman–Crippen MR) is 89.9 cm³/mol. The highest BCUT2D eigenvalue weighted by Crippen LogP contribution is 1.98. The first-order valence-electron chi connectivity index (χ1n) is 8.91. The highest BCUT2D eigenvalue weighted by atomic mass is 16.6. The van der Waals surface area contributed by atoms with Gasteiger partial charge in [-0.1, -0.05) is 13.3 Å². The zero-order valence-electron chi connectivity index (χ0n) is 14.8. The number of hydrogen-bond donors (Lipinski definition) is 1. The highest BCUT2D eigenvalue weighted by Gasteiger charge is 1.94. The van der Waals surface area contributed by atoms with Crippen molar-refractivity contribution >= 4 is 0 Å². The van der Waals surface area contributed by atoms with Gasteiger partial charge in [0, 0.05) is 19.8 Å². The maximum Gasteiger partial charge on any atom is 0.0701 e. The summed E-state index contributed by atoms with van der Waals surface area (Å²) in [6.45, 7) is 8.53. The fourth-order valence-electron chi connectivity index (χ4n) is 1.76. The third-order valence-electron chi connectivity index (χ3n) is 3.07. The highest BCUT2D eigenvalue weighted by molar-refractivity contribution is 4.42. The van der Waals surface area contributed by atoms with Crippen LogP contribution >= 0.6 is 0 Å². The normalized spacial score (nSPS) is 11.2. The topological polar surface area (TPSA) is 66.4 Å². The first kappa shape index (κ1) is 22.8. The molecule has 0 rings (SSSR count). The van der Waals surface area contributed by atoms with Crippen molar-refractivity contribution in [3.63, 3.8) is 0 Å². The van der Waals surface area contributed by atoms with E-state index in [-0.39, 0.29) is 6.61 Å². The Morgan fingerprint density at radius 2 is 0.870 bits per heavy atom. The fourth-order valence-corrected chi connectivity index (χ4v) is 1.76. The summed E-state index contributed by atoms with van der Waals surface area (Å²) in [6.07, 6.45) is 5.70. The van der Waals surface area contributed by atoms with Crippen molar-refractivity contribution in [2.24, 2.45) is 0 Å². The second kappa shape index (κ2) is 21.8. The Bertz CT molecular complexity index is 184. The van der Waals surface area contributed by atoms with Crippen molar-refractivity contribution in [1.29, 1.82) is 0 Å². The largest absolute Gasteiger partial charge is 0.394 e. The van der Waals surface area contributed by atoms with E-state index in [0.717, 1.165) is 45.5 Å². The van der Waals surface area contributed by atoms with Gasteiger partial charge in [0.25, 0.3) is 0 Å². The molecule has 0 aromatic rings. The third-order valence-corrected chi connectivity index (χ3v) is 3.07. The van der Waals surface area contributed by atoms with Gasteiger partial charge in [0.2, 0.25) is 0 Å². The van der Waals surface area contributed by atoms with E-state index in [1.165, 1.54) is 6.42 Å². The van der Waals surface area contributed by atoms with Crippen LogP contribution in [0.15, 0.2) is 0 Å². The van der Waals surface area contributed by atoms with E-state index in [4.69, 9.17) is 28.8 Å². The smallest absolute Gasteiger partial charge is 0.0701 e. The van der Waals surface area contributed by atoms with Gasteiger partial charge < -0.3 is 28.8 Å². The summed E-state index contributed by atoms with van der Waals surface area (Å²) in [7, 11) is 0. The number of ether oxygens (including phenoxy) is 5. The first-order valence-corrected chi connectivity index (χ1v) is 8.91. The Kier molecular flexibility index (Phi) is 21.5. The lowest BCUT2D eigenvalue weighted by molar-refractivity contribution is -0.00587. The molecule has 6 nitrogen and oxygen atoms in total. The van der Waals surface area contributed by atoms with Crippen molar-refractivity contribution in [2.75, 3.05) is 72.7 Å². The number of unbranched alkanes of at least 4 members (excludes halogenated alkanes) is 3. The van der Waals surface area contributed by atoms with Crippen molar-refractivity contribution < 1.29 is 28.8 Å². The average molecular weight is 336 g/mol. The van der Waals surface area contributed by atoms with Crippen molar-refractivity contribution in [2.45, 2.75) is 39.0 Å². The summed E-state index contributed by atoms with van der Waals surface area (Å²) in [6, 6.07) is 0. The van der Waals surface area contributed by atoms with Crippen molar-refractivity contribution in [3.8, 4) is 0 Å². The maximum absolute atomic E-state index is 8.51. The van der Waals surface area contributed by atoms with Crippen LogP contribution in [-0.4, -0.2) is 77.8 Å². The molecule has 0 aromatic heterocycles. The molecule has 0 atom stereocenters. The number of hydrogen-bond acceptors (Lipinski definition) is 6. The minimum Gasteiger partial charge on any atom is -0.394 e. The fraction of sp³-hybridized carbons (Fsp3) is 1.00. The van der Waals surface area contributed by atoms with Gasteiger partial charge in [-0.05, 0) is 25.7 Å². The zero-order chi connectivity index (χ0) is 16.8. The Labute approximate surface area is 141 Å². The van der Waals surface area contributed by atoms with Gasteiger partial charge in [0.15, 0.2) is 0 Å². The first-order chi connectivity index (χ1) is 11.4. The van der Waals surface area contributed by atoms with Gasteiger partial charge in [-0.25, -0.2) is 0 Å². The molecular weight excluding hydrogens is 300 g/mol. The lowest BCUT2D eigenvalue weighted by Crippen LogP contribution is -2.12. The maximum atomic E-state index is 8.51. The minimum atomic E-state index is 0.0514. The Morgan fingerprint density at radius 1 is 0.478 bits per heavy atom. The summed E-state index contributed by atoms with van der Waals surface area (Å²) in [4.78, 5) is 0. The van der Waals surface area contributed by atoms with Crippen molar-refractivity contribution in [1.82, 2.24) is 0 Å². The molecule has 23 heavy (non-hydrogen) atoms. The molecule has 0 bridgehead atoms. The SMILES string of the molecule is CCCCOCCCCCOCCOCCOCCOCCO. The van der Waals surface area contributed by atoms with Crippen molar-refractivity contribution in [3.05, 3.63) is 0 Å². The minimum absolute atomic E-state index is 0.0514. The van der Waals surface area contributed by atoms with E-state index in [0.29, 0.717) is 46.2 Å². The molecule has 0 fully saturated rings. The van der Waals surface area contributed by atoms with Gasteiger partial charge in [-0.15, -0.1) is 0 Å². The van der Waals surface area contributed by atoms with E-state index in [2.05, 4.69) is 6.92 Å². The van der Waals surface area contributed by atoms with Crippen LogP contribution in [-0.2, 0) is 23.7 Å². The second-order valence-electron chi connectivity index (χ2n) is 5.20. The molecule has 1 N–H and O–H groups in total. The van der Waals surface area contributed by atoms with Crippen LogP contribution in [0.25, 0.3) is 0 Å². The monoisotopic (exact) mass is 336 g/mol. The molecule has 0 aliphatic carbocycles. The Hall–Kier alpha value is -0.240. The zero-order valence-corrected chi connectivity index (χ0v) is 14.8. The molecular formula is C17H36O6. The summed E-state index contributed by atoms with van der Waals surface area (Å²) < 4.78 is 26.8. The summed E-state index contributed by atoms with van der Waals surface area (Å²) >= 11 is 0. The quantitative estimate of drug-likeness (QED) is 0.343. The number of aliphatic hydroxyl groups excluding tert-OH is 1. The molecule has 0 unspecified atom stereocenters. The van der Waals surface area contributed by atoms with Crippen LogP contribution in [0.2, 0.25) is 0 Å². The standard InChI is InChI=1S/C17H36O6/c1-2-3-8-19-9-5-4-6-10-20-12-14-22-16-17-23-15-13-21-11-7-18/h18H,2-17H2,1H3. The predicted octanol–water partition coefficient (Wildman–Crippen LogP) is 2.03. The van der Waals surface area contributed by atoms with Gasteiger partial charge in [-0.2, -0.15) is 0 Å². The Morgan fingerprint density at radius 3 is 1.35 bits per heavy atom. The summed E-state index contributed by atoms with van der Waals surface area (Å²) in [5.41, 5.74) is 0. The van der Waals surface area contributed by atoms with E-state index in [1.807, 2.05) is 0 Å². The summed E-state index contributed by atoms with van der Waals surface area (Å²) in [5, 5.41) is 8.51. The molecule has 0 aromatic carbocycles. The van der Waals surface area contributed by atoms with Crippen LogP contribution in [0, 0.1) is 0 Å². The van der Waals surface area contributed by atoms with Crippen LogP contribution in [0.4, 0.5) is 0 Å². The van der Waals surface area contributed by atoms with Crippen LogP contribution in [0.1, 0.15) is 39.0 Å². The van der Waals surface area contributed by atoms with E-state index >= 15 is 0 Å². The summed E-state index contributed by atoms with van der Waals surface area (Å²) in [5.74, 6) is 0. The average Bonchev–Trinajstić information content (AvgIpc) is 2.57. The lowest BCUT2D eigenvalue weighted by atomic mass is 10.2. The number of aliphatic hydroxyl groups is 1. The molecule has 0 heterocycles. The second-order valence-corrected chi connectivity index (χ2v) is 5.20. The molecule has 0 radical (unpaired) electrons. The molecule has 0 aliphatic rings. The van der Waals surface area contributed by atoms with E-state index in [1.54, 1.807) is 0 Å². The van der Waals surface area contributed by atoms with Gasteiger partial charge in [0.1, 0.15) is 0 Å². The number of rotatable bonds is 20. The molecule has 0 saturated heterocycles. The lowest BCUT2D eigenvalue weighted by Gasteiger charge is -2.07. The molecule has 6 heteroatoms. The van der Waals surface area contributed by atoms with Gasteiger partial charge in [-0.3, -0.25) is 0 Å². The molecule has 140 valence electrons. The Balaban J connectivity index is 2.92. The van der Waals surface area contributed by atoms with Gasteiger partial charge in [0.05, 0.1) is 52.9 Å². The van der Waals surface area contributed by atoms with Gasteiger partial charge >= 0.3 is 0 Å². The van der Waals surface area contributed by atoms with Crippen LogP contribution in [0.5, 0.6) is 0 Å². The van der Waals surface area contributed by atoms with Crippen LogP contribution in [0.3, 0.4) is 0 Å². The molecule has 0 saturated carbocycles. The third kappa shape index (κ3) is 21.8. The van der Waals surface area contributed by atoms with Crippen LogP contribution < -0.4 is 0 Å².